The number of carbonyl (C=O) groups is 3. The molecule has 36 heavy (non-hydrogen) atoms. The lowest BCUT2D eigenvalue weighted by Gasteiger charge is -2.33. The highest BCUT2D eigenvalue weighted by Gasteiger charge is 2.70. The van der Waals surface area contributed by atoms with Crippen molar-refractivity contribution in [2.75, 3.05) is 4.90 Å². The number of carboxylic acids is 1. The molecule has 2 aliphatic heterocycles. The van der Waals surface area contributed by atoms with Gasteiger partial charge in [0.1, 0.15) is 5.75 Å². The van der Waals surface area contributed by atoms with E-state index in [-0.39, 0.29) is 11.3 Å². The summed E-state index contributed by atoms with van der Waals surface area (Å²) in [5.74, 6) is -7.43. The second-order valence-electron chi connectivity index (χ2n) is 8.38. The molecule has 3 N–H and O–H groups in total. The molecule has 2 saturated heterocycles. The minimum atomic E-state index is -5.02. The van der Waals surface area contributed by atoms with Gasteiger partial charge >= 0.3 is 12.3 Å². The quantitative estimate of drug-likeness (QED) is 0.301. The first kappa shape index (κ1) is 25.1. The van der Waals surface area contributed by atoms with Crippen molar-refractivity contribution in [3.63, 3.8) is 0 Å². The molecular weight excluding hydrogens is 491 g/mol. The zero-order valence-electron chi connectivity index (χ0n) is 18.3. The lowest BCUT2D eigenvalue weighted by molar-refractivity contribution is -0.384. The van der Waals surface area contributed by atoms with E-state index < -0.39 is 70.0 Å². The molecule has 14 heteroatoms. The number of non-ortho nitro benzene ring substituents is 1. The van der Waals surface area contributed by atoms with E-state index in [1.54, 1.807) is 0 Å². The Morgan fingerprint density at radius 3 is 2.44 bits per heavy atom. The molecule has 2 aromatic carbocycles. The van der Waals surface area contributed by atoms with Crippen LogP contribution in [0.4, 0.5) is 24.5 Å². The number of nitrogens with zero attached hydrogens (tertiary/aromatic N) is 2. The van der Waals surface area contributed by atoms with E-state index in [0.717, 1.165) is 31.2 Å². The Kier molecular flexibility index (Phi) is 5.96. The number of hydrogen-bond donors (Lipinski definition) is 3. The number of carbonyl (C=O) groups excluding carboxylic acids is 2. The van der Waals surface area contributed by atoms with Crippen LogP contribution in [0.3, 0.4) is 0 Å². The summed E-state index contributed by atoms with van der Waals surface area (Å²) in [7, 11) is 0. The molecule has 5 unspecified atom stereocenters. The highest BCUT2D eigenvalue weighted by atomic mass is 19.4. The van der Waals surface area contributed by atoms with E-state index in [2.05, 4.69) is 10.1 Å². The summed E-state index contributed by atoms with van der Waals surface area (Å²) in [6.45, 7) is 1.09. The standard InChI is InChI=1S/C22H18F3N3O8/c1-10(29)21(20(32)33)16-15(17(26-21)11-4-2-7-14(8-11)36-22(23,24)25)18(30)27(19(16)31)12-5-3-6-13(9-12)28(34)35/h2-10,15-17,26,29H,1H3,(H,32,33). The molecule has 0 bridgehead atoms. The van der Waals surface area contributed by atoms with Crippen LogP contribution in [-0.2, 0) is 14.4 Å². The number of imide groups is 1. The number of ether oxygens (including phenoxy) is 1. The summed E-state index contributed by atoms with van der Waals surface area (Å²) in [6, 6.07) is 7.68. The first-order valence-electron chi connectivity index (χ1n) is 10.4. The number of aliphatic carboxylic acids is 1. The van der Waals surface area contributed by atoms with Crippen molar-refractivity contribution in [2.24, 2.45) is 11.8 Å². The molecule has 11 nitrogen and oxygen atoms in total. The largest absolute Gasteiger partial charge is 0.573 e. The van der Waals surface area contributed by atoms with Gasteiger partial charge in [0.05, 0.1) is 28.6 Å². The molecule has 0 aromatic heterocycles. The number of amides is 2. The Morgan fingerprint density at radius 1 is 1.19 bits per heavy atom. The molecule has 190 valence electrons. The minimum Gasteiger partial charge on any atom is -0.480 e. The summed E-state index contributed by atoms with van der Waals surface area (Å²) < 4.78 is 42.1. The number of anilines is 1. The van der Waals surface area contributed by atoms with Gasteiger partial charge in [0.2, 0.25) is 11.8 Å². The molecule has 2 amide bonds. The number of fused-ring (bicyclic) bond motifs is 1. The first-order valence-corrected chi connectivity index (χ1v) is 10.4. The van der Waals surface area contributed by atoms with Crippen molar-refractivity contribution >= 4 is 29.2 Å². The Bertz CT molecular complexity index is 1270. The number of nitro benzene ring substituents is 1. The Morgan fingerprint density at radius 2 is 1.86 bits per heavy atom. The number of alkyl halides is 3. The number of aliphatic hydroxyl groups is 1. The third-order valence-electron chi connectivity index (χ3n) is 6.36. The number of nitro groups is 1. The van der Waals surface area contributed by atoms with Crippen LogP contribution in [0.5, 0.6) is 5.75 Å². The van der Waals surface area contributed by atoms with Gasteiger partial charge in [-0.15, -0.1) is 13.2 Å². The molecule has 2 fully saturated rings. The van der Waals surface area contributed by atoms with Crippen molar-refractivity contribution in [1.82, 2.24) is 5.32 Å². The van der Waals surface area contributed by atoms with Gasteiger partial charge in [-0.2, -0.15) is 0 Å². The fourth-order valence-corrected chi connectivity index (χ4v) is 4.89. The molecule has 0 radical (unpaired) electrons. The molecule has 0 saturated carbocycles. The van der Waals surface area contributed by atoms with Crippen molar-refractivity contribution in [3.8, 4) is 5.75 Å². The Balaban J connectivity index is 1.85. The van der Waals surface area contributed by atoms with Crippen molar-refractivity contribution in [2.45, 2.75) is 31.0 Å². The van der Waals surface area contributed by atoms with E-state index in [4.69, 9.17) is 0 Å². The lowest BCUT2D eigenvalue weighted by atomic mass is 9.76. The van der Waals surface area contributed by atoms with Crippen LogP contribution in [0.25, 0.3) is 0 Å². The van der Waals surface area contributed by atoms with Gasteiger partial charge in [0, 0.05) is 18.2 Å². The van der Waals surface area contributed by atoms with Crippen LogP contribution in [-0.4, -0.2) is 50.9 Å². The fraction of sp³-hybridized carbons (Fsp3) is 0.318. The number of rotatable bonds is 6. The van der Waals surface area contributed by atoms with Gasteiger partial charge in [-0.25, -0.2) is 4.90 Å². The molecule has 4 rings (SSSR count). The average molecular weight is 509 g/mol. The van der Waals surface area contributed by atoms with E-state index in [1.165, 1.54) is 24.3 Å². The van der Waals surface area contributed by atoms with Crippen LogP contribution in [0.15, 0.2) is 48.5 Å². The van der Waals surface area contributed by atoms with Gasteiger partial charge < -0.3 is 14.9 Å². The van der Waals surface area contributed by atoms with Gasteiger partial charge in [0.15, 0.2) is 5.54 Å². The van der Waals surface area contributed by atoms with E-state index in [0.29, 0.717) is 4.90 Å². The van der Waals surface area contributed by atoms with Gasteiger partial charge in [-0.1, -0.05) is 18.2 Å². The number of nitrogens with one attached hydrogen (secondary N) is 1. The summed E-state index contributed by atoms with van der Waals surface area (Å²) in [5.41, 5.74) is -3.01. The second-order valence-corrected chi connectivity index (χ2v) is 8.38. The summed E-state index contributed by atoms with van der Waals surface area (Å²) in [6.07, 6.45) is -6.75. The van der Waals surface area contributed by atoms with Crippen LogP contribution in [0, 0.1) is 22.0 Å². The zero-order chi connectivity index (χ0) is 26.6. The van der Waals surface area contributed by atoms with Crippen LogP contribution < -0.4 is 15.0 Å². The van der Waals surface area contributed by atoms with Crippen molar-refractivity contribution in [3.05, 3.63) is 64.2 Å². The third kappa shape index (κ3) is 3.93. The molecular formula is C22H18F3N3O8. The van der Waals surface area contributed by atoms with Gasteiger partial charge in [0.25, 0.3) is 5.69 Å². The Labute approximate surface area is 200 Å². The second kappa shape index (κ2) is 8.57. The summed E-state index contributed by atoms with van der Waals surface area (Å²) in [5, 5.41) is 34.3. The number of benzene rings is 2. The van der Waals surface area contributed by atoms with E-state index in [1.807, 2.05) is 0 Å². The predicted molar refractivity (Wildman–Crippen MR) is 114 cm³/mol. The summed E-state index contributed by atoms with van der Waals surface area (Å²) >= 11 is 0. The third-order valence-corrected chi connectivity index (χ3v) is 6.36. The monoisotopic (exact) mass is 509 g/mol. The number of carboxylic acid groups (broad SMARTS) is 1. The van der Waals surface area contributed by atoms with Crippen molar-refractivity contribution < 1.29 is 47.4 Å². The van der Waals surface area contributed by atoms with E-state index >= 15 is 0 Å². The molecule has 0 spiro atoms. The predicted octanol–water partition coefficient (Wildman–Crippen LogP) is 2.15. The molecule has 2 aliphatic rings. The maximum absolute atomic E-state index is 13.5. The highest BCUT2D eigenvalue weighted by Crippen LogP contribution is 2.51. The van der Waals surface area contributed by atoms with Gasteiger partial charge in [-0.05, 0) is 30.7 Å². The number of aliphatic hydroxyl groups excluding tert-OH is 1. The molecule has 2 heterocycles. The average Bonchev–Trinajstić information content (AvgIpc) is 3.27. The Hall–Kier alpha value is -4.04. The van der Waals surface area contributed by atoms with Crippen LogP contribution >= 0.6 is 0 Å². The highest BCUT2D eigenvalue weighted by molar-refractivity contribution is 6.24. The summed E-state index contributed by atoms with van der Waals surface area (Å²) in [4.78, 5) is 50.4. The van der Waals surface area contributed by atoms with Crippen LogP contribution in [0.1, 0.15) is 18.5 Å². The number of halogens is 3. The number of hydrogen-bond acceptors (Lipinski definition) is 8. The van der Waals surface area contributed by atoms with Gasteiger partial charge in [-0.3, -0.25) is 29.8 Å². The van der Waals surface area contributed by atoms with Crippen molar-refractivity contribution in [1.29, 1.82) is 0 Å². The van der Waals surface area contributed by atoms with Crippen LogP contribution in [0.2, 0.25) is 0 Å². The topological polar surface area (TPSA) is 159 Å². The first-order chi connectivity index (χ1) is 16.8. The lowest BCUT2D eigenvalue weighted by Crippen LogP contribution is -2.62. The molecule has 2 aromatic rings. The maximum atomic E-state index is 13.5. The molecule has 0 aliphatic carbocycles. The smallest absolute Gasteiger partial charge is 0.480 e. The molecule has 5 atom stereocenters. The minimum absolute atomic E-state index is 0.00225. The fourth-order valence-electron chi connectivity index (χ4n) is 4.89. The zero-order valence-corrected chi connectivity index (χ0v) is 18.3. The van der Waals surface area contributed by atoms with E-state index in [9.17, 15) is 47.9 Å². The maximum Gasteiger partial charge on any atom is 0.573 e. The normalized spacial score (nSPS) is 26.6. The SMILES string of the molecule is CC(O)C1(C(=O)O)NC(c2cccc(OC(F)(F)F)c2)C2C(=O)N(c3cccc([N+](=O)[O-])c3)C(=O)C21.